The molecule has 1 aliphatic rings. The molecule has 1 atom stereocenters. The second kappa shape index (κ2) is 6.52. The molecule has 100 valence electrons. The maximum atomic E-state index is 10.3. The predicted octanol–water partition coefficient (Wildman–Crippen LogP) is 2.83. The highest BCUT2D eigenvalue weighted by atomic mass is 32.2. The van der Waals surface area contributed by atoms with Crippen LogP contribution in [0, 0.1) is 0 Å². The lowest BCUT2D eigenvalue weighted by Crippen LogP contribution is -2.21. The van der Waals surface area contributed by atoms with E-state index in [1.165, 1.54) is 5.57 Å². The molecule has 0 N–H and O–H groups in total. The molecule has 0 fully saturated rings. The van der Waals surface area contributed by atoms with Gasteiger partial charge in [-0.15, -0.1) is 0 Å². The molecular weight excluding hydrogens is 240 g/mol. The molecule has 1 aliphatic carbocycles. The van der Waals surface area contributed by atoms with Crippen LogP contribution in [0.2, 0.25) is 0 Å². The Labute approximate surface area is 106 Å². The smallest absolute Gasteiger partial charge is 0.100 e. The number of hydrogen-bond donors (Lipinski definition) is 0. The van der Waals surface area contributed by atoms with Gasteiger partial charge in [0.1, 0.15) is 5.60 Å². The SMILES string of the molecule is CC(C)(C)OC1=C(CCOS(=O)[O-])CCCC1. The molecule has 0 saturated carbocycles. The minimum atomic E-state index is -2.41. The van der Waals surface area contributed by atoms with Crippen LogP contribution < -0.4 is 0 Å². The van der Waals surface area contributed by atoms with Crippen molar-refractivity contribution in [2.45, 2.75) is 58.5 Å². The first-order chi connectivity index (χ1) is 7.88. The van der Waals surface area contributed by atoms with Crippen LogP contribution in [0.25, 0.3) is 0 Å². The van der Waals surface area contributed by atoms with Crippen molar-refractivity contribution in [1.82, 2.24) is 0 Å². The fraction of sp³-hybridized carbons (Fsp3) is 0.833. The van der Waals surface area contributed by atoms with E-state index in [1.807, 2.05) is 20.8 Å². The van der Waals surface area contributed by atoms with E-state index in [-0.39, 0.29) is 12.2 Å². The van der Waals surface area contributed by atoms with Crippen LogP contribution in [0.3, 0.4) is 0 Å². The zero-order valence-electron chi connectivity index (χ0n) is 10.8. The summed E-state index contributed by atoms with van der Waals surface area (Å²) in [5, 5.41) is 0. The van der Waals surface area contributed by atoms with E-state index in [2.05, 4.69) is 4.18 Å². The van der Waals surface area contributed by atoms with E-state index in [9.17, 15) is 8.76 Å². The normalized spacial score (nSPS) is 19.3. The molecule has 0 heterocycles. The summed E-state index contributed by atoms with van der Waals surface area (Å²) in [6.45, 7) is 6.28. The van der Waals surface area contributed by atoms with Gasteiger partial charge < -0.3 is 13.5 Å². The van der Waals surface area contributed by atoms with Crippen molar-refractivity contribution in [3.05, 3.63) is 11.3 Å². The van der Waals surface area contributed by atoms with Crippen molar-refractivity contribution in [1.29, 1.82) is 0 Å². The van der Waals surface area contributed by atoms with E-state index in [4.69, 9.17) is 4.74 Å². The Hall–Kier alpha value is -0.390. The fourth-order valence-electron chi connectivity index (χ4n) is 1.93. The van der Waals surface area contributed by atoms with E-state index >= 15 is 0 Å². The van der Waals surface area contributed by atoms with Gasteiger partial charge >= 0.3 is 0 Å². The lowest BCUT2D eigenvalue weighted by Gasteiger charge is -2.28. The minimum Gasteiger partial charge on any atom is -0.750 e. The van der Waals surface area contributed by atoms with Crippen molar-refractivity contribution in [3.63, 3.8) is 0 Å². The third kappa shape index (κ3) is 6.19. The molecule has 0 bridgehead atoms. The summed E-state index contributed by atoms with van der Waals surface area (Å²) in [5.74, 6) is 1.03. The molecule has 0 radical (unpaired) electrons. The molecule has 0 aromatic heterocycles. The van der Waals surface area contributed by atoms with Gasteiger partial charge in [0.2, 0.25) is 0 Å². The summed E-state index contributed by atoms with van der Waals surface area (Å²) in [4.78, 5) is 0. The molecule has 17 heavy (non-hydrogen) atoms. The highest BCUT2D eigenvalue weighted by Gasteiger charge is 2.19. The maximum Gasteiger partial charge on any atom is 0.100 e. The topological polar surface area (TPSA) is 58.6 Å². The van der Waals surface area contributed by atoms with Crippen LogP contribution in [-0.4, -0.2) is 21.0 Å². The van der Waals surface area contributed by atoms with Crippen molar-refractivity contribution in [2.75, 3.05) is 6.61 Å². The number of hydrogen-bond acceptors (Lipinski definition) is 4. The Morgan fingerprint density at radius 3 is 2.53 bits per heavy atom. The molecule has 0 amide bonds. The van der Waals surface area contributed by atoms with Gasteiger partial charge in [-0.2, -0.15) is 0 Å². The van der Waals surface area contributed by atoms with E-state index in [1.54, 1.807) is 0 Å². The molecule has 5 heteroatoms. The van der Waals surface area contributed by atoms with Crippen molar-refractivity contribution >= 4 is 11.4 Å². The molecule has 4 nitrogen and oxygen atoms in total. The Balaban J connectivity index is 2.58. The molecule has 0 aliphatic heterocycles. The van der Waals surface area contributed by atoms with Crippen LogP contribution in [0.5, 0.6) is 0 Å². The van der Waals surface area contributed by atoms with Gasteiger partial charge in [-0.3, -0.25) is 0 Å². The van der Waals surface area contributed by atoms with Crippen molar-refractivity contribution in [2.24, 2.45) is 0 Å². The van der Waals surface area contributed by atoms with Gasteiger partial charge in [-0.25, -0.2) is 4.21 Å². The van der Waals surface area contributed by atoms with Gasteiger partial charge in [0.15, 0.2) is 0 Å². The van der Waals surface area contributed by atoms with Crippen LogP contribution >= 0.6 is 0 Å². The Morgan fingerprint density at radius 2 is 1.94 bits per heavy atom. The zero-order chi connectivity index (χ0) is 12.9. The lowest BCUT2D eigenvalue weighted by atomic mass is 9.95. The van der Waals surface area contributed by atoms with E-state index < -0.39 is 11.4 Å². The average Bonchev–Trinajstić information content (AvgIpc) is 2.17. The molecule has 0 aromatic rings. The molecule has 1 rings (SSSR count). The molecule has 0 saturated heterocycles. The Bertz CT molecular complexity index is 304. The van der Waals surface area contributed by atoms with Crippen LogP contribution in [0.4, 0.5) is 0 Å². The third-order valence-electron chi connectivity index (χ3n) is 2.54. The monoisotopic (exact) mass is 261 g/mol. The highest BCUT2D eigenvalue weighted by Crippen LogP contribution is 2.30. The summed E-state index contributed by atoms with van der Waals surface area (Å²) in [6, 6.07) is 0. The first kappa shape index (κ1) is 14.7. The standard InChI is InChI=1S/C12H22O4S/c1-12(2,3)16-11-7-5-4-6-10(11)8-9-15-17(13)14/h4-9H2,1-3H3,(H,13,14)/p-1. The molecule has 1 unspecified atom stereocenters. The molecule has 0 spiro atoms. The Morgan fingerprint density at radius 1 is 1.29 bits per heavy atom. The van der Waals surface area contributed by atoms with Crippen molar-refractivity contribution in [3.8, 4) is 0 Å². The van der Waals surface area contributed by atoms with Crippen molar-refractivity contribution < 1.29 is 17.7 Å². The predicted molar refractivity (Wildman–Crippen MR) is 65.8 cm³/mol. The quantitative estimate of drug-likeness (QED) is 0.714. The summed E-state index contributed by atoms with van der Waals surface area (Å²) in [7, 11) is 0. The largest absolute Gasteiger partial charge is 0.750 e. The second-order valence-electron chi connectivity index (χ2n) is 5.22. The summed E-state index contributed by atoms with van der Waals surface area (Å²) < 4.78 is 31.0. The Kier molecular flexibility index (Phi) is 5.62. The molecule has 0 aromatic carbocycles. The number of rotatable bonds is 5. The minimum absolute atomic E-state index is 0.194. The second-order valence-corrected chi connectivity index (χ2v) is 5.87. The summed E-state index contributed by atoms with van der Waals surface area (Å²) in [5.41, 5.74) is 1.01. The average molecular weight is 261 g/mol. The zero-order valence-corrected chi connectivity index (χ0v) is 11.6. The van der Waals surface area contributed by atoms with Gasteiger partial charge in [0, 0.05) is 6.42 Å². The van der Waals surface area contributed by atoms with E-state index in [0.29, 0.717) is 6.42 Å². The number of ether oxygens (including phenoxy) is 1. The summed E-state index contributed by atoms with van der Waals surface area (Å²) >= 11 is -2.41. The summed E-state index contributed by atoms with van der Waals surface area (Å²) in [6.07, 6.45) is 4.86. The van der Waals surface area contributed by atoms with Crippen LogP contribution in [0.15, 0.2) is 11.3 Å². The van der Waals surface area contributed by atoms with Gasteiger partial charge in [-0.1, -0.05) is 0 Å². The highest BCUT2D eigenvalue weighted by molar-refractivity contribution is 7.74. The molecular formula is C12H21O4S-. The van der Waals surface area contributed by atoms with Gasteiger partial charge in [0.05, 0.1) is 23.7 Å². The van der Waals surface area contributed by atoms with Gasteiger partial charge in [-0.05, 0) is 52.0 Å². The van der Waals surface area contributed by atoms with Gasteiger partial charge in [0.25, 0.3) is 0 Å². The third-order valence-corrected chi connectivity index (χ3v) is 2.90. The van der Waals surface area contributed by atoms with Crippen LogP contribution in [0.1, 0.15) is 52.9 Å². The number of allylic oxidation sites excluding steroid dienone is 1. The first-order valence-corrected chi connectivity index (χ1v) is 7.01. The lowest BCUT2D eigenvalue weighted by molar-refractivity contribution is 0.0407. The van der Waals surface area contributed by atoms with E-state index in [0.717, 1.165) is 31.4 Å². The fourth-order valence-corrected chi connectivity index (χ4v) is 2.15. The maximum absolute atomic E-state index is 10.3. The first-order valence-electron chi connectivity index (χ1n) is 6.01. The van der Waals surface area contributed by atoms with Crippen LogP contribution in [-0.2, 0) is 20.3 Å².